The molecule has 0 radical (unpaired) electrons. The highest BCUT2D eigenvalue weighted by Crippen LogP contribution is 2.15. The predicted octanol–water partition coefficient (Wildman–Crippen LogP) is 0.456. The first-order valence-electron chi connectivity index (χ1n) is 5.10. The van der Waals surface area contributed by atoms with Crippen molar-refractivity contribution in [2.24, 2.45) is 5.73 Å². The molecule has 0 aliphatic rings. The first kappa shape index (κ1) is 13.6. The summed E-state index contributed by atoms with van der Waals surface area (Å²) in [5.41, 5.74) is 5.97. The number of aromatic nitrogens is 1. The van der Waals surface area contributed by atoms with Crippen molar-refractivity contribution in [1.82, 2.24) is 10.3 Å². The molecule has 3 N–H and O–H groups in total. The number of esters is 1. The van der Waals surface area contributed by atoms with Crippen LogP contribution in [-0.2, 0) is 9.53 Å². The maximum absolute atomic E-state index is 11.6. The van der Waals surface area contributed by atoms with Crippen molar-refractivity contribution in [1.29, 1.82) is 0 Å². The van der Waals surface area contributed by atoms with Crippen molar-refractivity contribution in [3.63, 3.8) is 0 Å². The number of nitrogens with zero attached hydrogens (tertiary/aromatic N) is 1. The van der Waals surface area contributed by atoms with Gasteiger partial charge in [0.25, 0.3) is 5.91 Å². The molecule has 1 amide bonds. The molecular weight excluding hydrogens is 242 g/mol. The van der Waals surface area contributed by atoms with E-state index in [0.29, 0.717) is 10.7 Å². The summed E-state index contributed by atoms with van der Waals surface area (Å²) < 4.78 is 4.45. The molecule has 7 heteroatoms. The fraction of sp³-hybridized carbons (Fsp3) is 0.500. The Balaban J connectivity index is 2.44. The third kappa shape index (κ3) is 4.12. The Morgan fingerprint density at radius 3 is 2.88 bits per heavy atom. The van der Waals surface area contributed by atoms with Crippen LogP contribution in [0.4, 0.5) is 0 Å². The van der Waals surface area contributed by atoms with E-state index >= 15 is 0 Å². The smallest absolute Gasteiger partial charge is 0.307 e. The Kier molecular flexibility index (Phi) is 5.05. The predicted molar refractivity (Wildman–Crippen MR) is 63.7 cm³/mol. The number of rotatable bonds is 5. The Hall–Kier alpha value is -1.47. The molecule has 17 heavy (non-hydrogen) atoms. The van der Waals surface area contributed by atoms with E-state index in [1.807, 2.05) is 0 Å². The first-order chi connectivity index (χ1) is 8.04. The normalized spacial score (nSPS) is 11.9. The summed E-state index contributed by atoms with van der Waals surface area (Å²) in [5, 5.41) is 4.94. The Morgan fingerprint density at radius 1 is 1.65 bits per heavy atom. The molecule has 0 aromatic carbocycles. The summed E-state index contributed by atoms with van der Waals surface area (Å²) in [6.07, 6.45) is 0.145. The number of amides is 1. The quantitative estimate of drug-likeness (QED) is 0.747. The van der Waals surface area contributed by atoms with E-state index in [4.69, 9.17) is 5.73 Å². The van der Waals surface area contributed by atoms with Crippen molar-refractivity contribution in [3.05, 3.63) is 16.1 Å². The van der Waals surface area contributed by atoms with Crippen LogP contribution in [0.3, 0.4) is 0 Å². The van der Waals surface area contributed by atoms with Crippen LogP contribution in [0.2, 0.25) is 0 Å². The van der Waals surface area contributed by atoms with Crippen molar-refractivity contribution < 1.29 is 14.3 Å². The number of nitrogens with one attached hydrogen (secondary N) is 1. The third-order valence-corrected chi connectivity index (χ3v) is 3.03. The van der Waals surface area contributed by atoms with Crippen LogP contribution in [0.1, 0.15) is 34.9 Å². The number of hydrogen-bond acceptors (Lipinski definition) is 6. The summed E-state index contributed by atoms with van der Waals surface area (Å²) in [7, 11) is 1.31. The summed E-state index contributed by atoms with van der Waals surface area (Å²) >= 11 is 1.34. The van der Waals surface area contributed by atoms with Gasteiger partial charge in [0.15, 0.2) is 0 Å². The molecule has 0 spiro atoms. The average molecular weight is 257 g/mol. The van der Waals surface area contributed by atoms with Crippen LogP contribution in [-0.4, -0.2) is 30.5 Å². The molecule has 0 aliphatic heterocycles. The largest absolute Gasteiger partial charge is 0.469 e. The molecule has 0 saturated carbocycles. The van der Waals surface area contributed by atoms with Gasteiger partial charge in [-0.05, 0) is 6.92 Å². The lowest BCUT2D eigenvalue weighted by atomic mass is 10.3. The van der Waals surface area contributed by atoms with Gasteiger partial charge in [0.2, 0.25) is 0 Å². The van der Waals surface area contributed by atoms with Gasteiger partial charge in [0, 0.05) is 11.9 Å². The number of nitrogens with two attached hydrogens (primary N) is 1. The zero-order chi connectivity index (χ0) is 12.8. The van der Waals surface area contributed by atoms with Crippen molar-refractivity contribution in [2.45, 2.75) is 19.4 Å². The molecular formula is C10H15N3O3S. The van der Waals surface area contributed by atoms with Crippen molar-refractivity contribution in [3.8, 4) is 0 Å². The Bertz CT molecular complexity index is 403. The van der Waals surface area contributed by atoms with Gasteiger partial charge in [-0.15, -0.1) is 11.3 Å². The monoisotopic (exact) mass is 257 g/mol. The number of hydrogen-bond donors (Lipinski definition) is 2. The topological polar surface area (TPSA) is 94.3 Å². The number of thiazole rings is 1. The number of ether oxygens (including phenoxy) is 1. The molecule has 1 atom stereocenters. The van der Waals surface area contributed by atoms with Gasteiger partial charge in [-0.1, -0.05) is 0 Å². The lowest BCUT2D eigenvalue weighted by molar-refractivity contribution is -0.140. The molecule has 0 saturated heterocycles. The lowest BCUT2D eigenvalue weighted by Gasteiger charge is -2.02. The molecule has 6 nitrogen and oxygen atoms in total. The van der Waals surface area contributed by atoms with E-state index in [0.717, 1.165) is 0 Å². The number of carbonyl (C=O) groups excluding carboxylic acids is 2. The number of carbonyl (C=O) groups is 2. The van der Waals surface area contributed by atoms with Crippen LogP contribution in [0, 0.1) is 0 Å². The Labute approximate surface area is 103 Å². The fourth-order valence-electron chi connectivity index (χ4n) is 1.07. The third-order valence-electron chi connectivity index (χ3n) is 1.99. The SMILES string of the molecule is COC(=O)CCNC(=O)c1csc(C(C)N)n1. The zero-order valence-corrected chi connectivity index (χ0v) is 10.5. The van der Waals surface area contributed by atoms with E-state index < -0.39 is 0 Å². The molecule has 1 aromatic heterocycles. The maximum atomic E-state index is 11.6. The molecule has 94 valence electrons. The molecule has 0 aliphatic carbocycles. The fourth-order valence-corrected chi connectivity index (χ4v) is 1.83. The first-order valence-corrected chi connectivity index (χ1v) is 5.98. The van der Waals surface area contributed by atoms with Crippen LogP contribution < -0.4 is 11.1 Å². The standard InChI is InChI=1S/C10H15N3O3S/c1-6(11)10-13-7(5-17-10)9(15)12-4-3-8(14)16-2/h5-6H,3-4,11H2,1-2H3,(H,12,15). The highest BCUT2D eigenvalue weighted by Gasteiger charge is 2.12. The molecule has 0 bridgehead atoms. The van der Waals surface area contributed by atoms with E-state index in [-0.39, 0.29) is 30.9 Å². The maximum Gasteiger partial charge on any atom is 0.307 e. The van der Waals surface area contributed by atoms with Gasteiger partial charge in [-0.3, -0.25) is 9.59 Å². The summed E-state index contributed by atoms with van der Waals surface area (Å²) in [6.45, 7) is 2.04. The minimum atomic E-state index is -0.361. The second-order valence-corrected chi connectivity index (χ2v) is 4.33. The number of methoxy groups -OCH3 is 1. The van der Waals surface area contributed by atoms with Gasteiger partial charge in [-0.25, -0.2) is 4.98 Å². The molecule has 1 aromatic rings. The summed E-state index contributed by atoms with van der Waals surface area (Å²) in [6, 6.07) is -0.184. The zero-order valence-electron chi connectivity index (χ0n) is 9.73. The van der Waals surface area contributed by atoms with Crippen LogP contribution in [0.15, 0.2) is 5.38 Å². The van der Waals surface area contributed by atoms with E-state index in [1.165, 1.54) is 18.4 Å². The molecule has 1 rings (SSSR count). The minimum absolute atomic E-state index is 0.145. The molecule has 0 fully saturated rings. The van der Waals surface area contributed by atoms with Crippen molar-refractivity contribution in [2.75, 3.05) is 13.7 Å². The van der Waals surface area contributed by atoms with E-state index in [1.54, 1.807) is 12.3 Å². The van der Waals surface area contributed by atoms with Gasteiger partial charge in [0.1, 0.15) is 10.7 Å². The average Bonchev–Trinajstić information content (AvgIpc) is 2.78. The highest BCUT2D eigenvalue weighted by molar-refractivity contribution is 7.09. The van der Waals surface area contributed by atoms with Crippen molar-refractivity contribution >= 4 is 23.2 Å². The second-order valence-electron chi connectivity index (χ2n) is 3.44. The molecule has 1 heterocycles. The van der Waals surface area contributed by atoms with Gasteiger partial charge >= 0.3 is 5.97 Å². The van der Waals surface area contributed by atoms with E-state index in [9.17, 15) is 9.59 Å². The van der Waals surface area contributed by atoms with E-state index in [2.05, 4.69) is 15.0 Å². The van der Waals surface area contributed by atoms with Crippen LogP contribution in [0.25, 0.3) is 0 Å². The summed E-state index contributed by atoms with van der Waals surface area (Å²) in [5.74, 6) is -0.670. The summed E-state index contributed by atoms with van der Waals surface area (Å²) in [4.78, 5) is 26.5. The Morgan fingerprint density at radius 2 is 2.35 bits per heavy atom. The minimum Gasteiger partial charge on any atom is -0.469 e. The lowest BCUT2D eigenvalue weighted by Crippen LogP contribution is -2.26. The van der Waals surface area contributed by atoms with Gasteiger partial charge in [-0.2, -0.15) is 0 Å². The van der Waals surface area contributed by atoms with Gasteiger partial charge < -0.3 is 15.8 Å². The second kappa shape index (κ2) is 6.31. The molecule has 1 unspecified atom stereocenters. The highest BCUT2D eigenvalue weighted by atomic mass is 32.1. The van der Waals surface area contributed by atoms with Crippen LogP contribution in [0.5, 0.6) is 0 Å². The van der Waals surface area contributed by atoms with Gasteiger partial charge in [0.05, 0.1) is 19.6 Å². The van der Waals surface area contributed by atoms with Crippen LogP contribution >= 0.6 is 11.3 Å².